The third kappa shape index (κ3) is 5.25. The molecule has 0 amide bonds. The molecule has 1 aromatic heterocycles. The molecule has 3 aromatic rings. The summed E-state index contributed by atoms with van der Waals surface area (Å²) in [7, 11) is 1.55. The molecule has 0 fully saturated rings. The maximum Gasteiger partial charge on any atom is 0.374 e. The van der Waals surface area contributed by atoms with Gasteiger partial charge >= 0.3 is 11.9 Å². The number of para-hydroxylation sites is 1. The zero-order valence-corrected chi connectivity index (χ0v) is 17.7. The van der Waals surface area contributed by atoms with Gasteiger partial charge in [-0.05, 0) is 43.7 Å². The Morgan fingerprint density at radius 2 is 1.81 bits per heavy atom. The Hall–Kier alpha value is -3.74. The molecule has 0 spiro atoms. The predicted molar refractivity (Wildman–Crippen MR) is 115 cm³/mol. The molecule has 0 unspecified atom stereocenters. The van der Waals surface area contributed by atoms with Gasteiger partial charge in [0.25, 0.3) is 0 Å². The quantitative estimate of drug-likeness (QED) is 0.361. The number of benzene rings is 2. The Balaban J connectivity index is 1.73. The molecule has 0 N–H and O–H groups in total. The molecule has 0 atom stereocenters. The van der Waals surface area contributed by atoms with Crippen LogP contribution in [0.1, 0.15) is 35.5 Å². The first kappa shape index (κ1) is 22.0. The minimum atomic E-state index is -0.596. The van der Waals surface area contributed by atoms with E-state index in [1.54, 1.807) is 56.5 Å². The summed E-state index contributed by atoms with van der Waals surface area (Å²) in [5.41, 5.74) is 1.74. The number of hydrogen-bond donors (Lipinski definition) is 0. The van der Waals surface area contributed by atoms with E-state index < -0.39 is 11.9 Å². The van der Waals surface area contributed by atoms with E-state index in [0.717, 1.165) is 5.56 Å². The predicted octanol–water partition coefficient (Wildman–Crippen LogP) is 4.77. The first-order chi connectivity index (χ1) is 15.1. The van der Waals surface area contributed by atoms with E-state index in [-0.39, 0.29) is 19.0 Å². The molecule has 0 saturated heterocycles. The van der Waals surface area contributed by atoms with Gasteiger partial charge in [-0.3, -0.25) is 0 Å². The summed E-state index contributed by atoms with van der Waals surface area (Å²) in [4.78, 5) is 24.5. The van der Waals surface area contributed by atoms with Gasteiger partial charge < -0.3 is 23.4 Å². The first-order valence-electron chi connectivity index (χ1n) is 9.90. The highest BCUT2D eigenvalue weighted by molar-refractivity contribution is 5.96. The second-order valence-corrected chi connectivity index (χ2v) is 6.41. The fourth-order valence-corrected chi connectivity index (χ4v) is 3.02. The largest absolute Gasteiger partial charge is 0.493 e. The van der Waals surface area contributed by atoms with Gasteiger partial charge in [0.2, 0.25) is 5.76 Å². The number of esters is 2. The van der Waals surface area contributed by atoms with Gasteiger partial charge in [-0.1, -0.05) is 24.3 Å². The molecule has 0 aliphatic carbocycles. The van der Waals surface area contributed by atoms with Crippen LogP contribution in [0.25, 0.3) is 17.0 Å². The lowest BCUT2D eigenvalue weighted by Crippen LogP contribution is -2.08. The summed E-state index contributed by atoms with van der Waals surface area (Å²) in [6.45, 7) is 4.21. The van der Waals surface area contributed by atoms with Gasteiger partial charge in [0.15, 0.2) is 11.5 Å². The van der Waals surface area contributed by atoms with E-state index >= 15 is 0 Å². The summed E-state index contributed by atoms with van der Waals surface area (Å²) in [5.74, 6) is 0.0789. The molecule has 2 aromatic carbocycles. The summed E-state index contributed by atoms with van der Waals surface area (Å²) in [6, 6.07) is 12.5. The van der Waals surface area contributed by atoms with Gasteiger partial charge in [-0.2, -0.15) is 0 Å². The molecule has 7 nitrogen and oxygen atoms in total. The van der Waals surface area contributed by atoms with Crippen LogP contribution in [-0.2, 0) is 20.9 Å². The van der Waals surface area contributed by atoms with E-state index in [1.165, 1.54) is 6.08 Å². The Labute approximate surface area is 180 Å². The lowest BCUT2D eigenvalue weighted by molar-refractivity contribution is -0.138. The number of hydrogen-bond acceptors (Lipinski definition) is 7. The zero-order chi connectivity index (χ0) is 22.2. The van der Waals surface area contributed by atoms with Crippen LogP contribution in [0.2, 0.25) is 0 Å². The van der Waals surface area contributed by atoms with Crippen LogP contribution in [0.3, 0.4) is 0 Å². The van der Waals surface area contributed by atoms with Crippen molar-refractivity contribution in [1.82, 2.24) is 0 Å². The first-order valence-corrected chi connectivity index (χ1v) is 9.90. The number of ether oxygens (including phenoxy) is 4. The molecule has 31 heavy (non-hydrogen) atoms. The van der Waals surface area contributed by atoms with Crippen molar-refractivity contribution in [1.29, 1.82) is 0 Å². The summed E-state index contributed by atoms with van der Waals surface area (Å²) >= 11 is 0. The van der Waals surface area contributed by atoms with Crippen LogP contribution >= 0.6 is 0 Å². The van der Waals surface area contributed by atoms with Crippen molar-refractivity contribution in [3.8, 4) is 11.5 Å². The van der Waals surface area contributed by atoms with Crippen LogP contribution in [-0.4, -0.2) is 32.3 Å². The minimum absolute atomic E-state index is 0.0380. The van der Waals surface area contributed by atoms with Crippen LogP contribution in [0, 0.1) is 0 Å². The monoisotopic (exact) mass is 424 g/mol. The van der Waals surface area contributed by atoms with Gasteiger partial charge in [0.05, 0.1) is 25.9 Å². The molecular weight excluding hydrogens is 400 g/mol. The van der Waals surface area contributed by atoms with Gasteiger partial charge in [0, 0.05) is 11.5 Å². The Morgan fingerprint density at radius 3 is 2.55 bits per heavy atom. The van der Waals surface area contributed by atoms with Crippen molar-refractivity contribution in [3.63, 3.8) is 0 Å². The third-order valence-electron chi connectivity index (χ3n) is 4.42. The highest BCUT2D eigenvalue weighted by Crippen LogP contribution is 2.29. The van der Waals surface area contributed by atoms with E-state index in [2.05, 4.69) is 0 Å². The van der Waals surface area contributed by atoms with Crippen molar-refractivity contribution >= 4 is 29.0 Å². The van der Waals surface area contributed by atoms with Crippen molar-refractivity contribution in [3.05, 3.63) is 65.4 Å². The van der Waals surface area contributed by atoms with Crippen molar-refractivity contribution in [2.75, 3.05) is 20.3 Å². The van der Waals surface area contributed by atoms with E-state index in [9.17, 15) is 9.59 Å². The number of furan rings is 1. The maximum absolute atomic E-state index is 12.3. The number of carbonyl (C=O) groups is 2. The van der Waals surface area contributed by atoms with E-state index in [0.29, 0.717) is 34.6 Å². The smallest absolute Gasteiger partial charge is 0.374 e. The normalized spacial score (nSPS) is 10.9. The Bertz CT molecular complexity index is 1090. The van der Waals surface area contributed by atoms with Crippen molar-refractivity contribution in [2.45, 2.75) is 20.5 Å². The SMILES string of the molecule is CCOC(=O)c1oc2ccccc2c1COC(=O)C=Cc1ccc(OCC)c(OC)c1. The van der Waals surface area contributed by atoms with Crippen molar-refractivity contribution in [2.24, 2.45) is 0 Å². The van der Waals surface area contributed by atoms with Crippen LogP contribution in [0.4, 0.5) is 0 Å². The molecule has 1 heterocycles. The number of methoxy groups -OCH3 is 1. The molecule has 7 heteroatoms. The minimum Gasteiger partial charge on any atom is -0.493 e. The average Bonchev–Trinajstić information content (AvgIpc) is 3.16. The van der Waals surface area contributed by atoms with E-state index in [1.807, 2.05) is 13.0 Å². The number of carbonyl (C=O) groups excluding carboxylic acids is 2. The summed E-state index contributed by atoms with van der Waals surface area (Å²) < 4.78 is 26.8. The lowest BCUT2D eigenvalue weighted by atomic mass is 10.1. The molecule has 0 bridgehead atoms. The molecule has 0 aliphatic rings. The zero-order valence-electron chi connectivity index (χ0n) is 17.7. The second kappa shape index (κ2) is 10.3. The fourth-order valence-electron chi connectivity index (χ4n) is 3.02. The average molecular weight is 424 g/mol. The molecule has 0 saturated carbocycles. The molecule has 0 aliphatic heterocycles. The second-order valence-electron chi connectivity index (χ2n) is 6.41. The topological polar surface area (TPSA) is 84.2 Å². The van der Waals surface area contributed by atoms with Gasteiger partial charge in [-0.25, -0.2) is 9.59 Å². The Kier molecular flexibility index (Phi) is 7.32. The summed E-state index contributed by atoms with van der Waals surface area (Å²) in [6.07, 6.45) is 2.92. The Morgan fingerprint density at radius 1 is 1.00 bits per heavy atom. The van der Waals surface area contributed by atoms with Crippen LogP contribution < -0.4 is 9.47 Å². The highest BCUT2D eigenvalue weighted by Gasteiger charge is 2.22. The molecule has 162 valence electrons. The number of rotatable bonds is 9. The standard InChI is InChI=1S/C24H24O7/c1-4-28-20-12-10-16(14-21(20)27-3)11-13-22(25)30-15-18-17-8-6-7-9-19(17)31-23(18)24(26)29-5-2/h6-14H,4-5,15H2,1-3H3. The molecule has 0 radical (unpaired) electrons. The van der Waals surface area contributed by atoms with Crippen LogP contribution in [0.5, 0.6) is 11.5 Å². The summed E-state index contributed by atoms with van der Waals surface area (Å²) in [5, 5.41) is 0.693. The van der Waals surface area contributed by atoms with Crippen molar-refractivity contribution < 1.29 is 33.0 Å². The molecular formula is C24H24O7. The fraction of sp³-hybridized carbons (Fsp3) is 0.250. The van der Waals surface area contributed by atoms with Gasteiger partial charge in [-0.15, -0.1) is 0 Å². The van der Waals surface area contributed by atoms with Gasteiger partial charge in [0.1, 0.15) is 12.2 Å². The molecule has 3 rings (SSSR count). The number of fused-ring (bicyclic) bond motifs is 1. The highest BCUT2D eigenvalue weighted by atomic mass is 16.5. The van der Waals surface area contributed by atoms with E-state index in [4.69, 9.17) is 23.4 Å². The maximum atomic E-state index is 12.3. The third-order valence-corrected chi connectivity index (χ3v) is 4.42. The lowest BCUT2D eigenvalue weighted by Gasteiger charge is -2.09. The van der Waals surface area contributed by atoms with Crippen LogP contribution in [0.15, 0.2) is 53.0 Å².